The molecule has 0 atom stereocenters. The Morgan fingerprint density at radius 3 is 1.93 bits per heavy atom. The predicted octanol–water partition coefficient (Wildman–Crippen LogP) is 4.89. The summed E-state index contributed by atoms with van der Waals surface area (Å²) in [6, 6.07) is 3.97. The summed E-state index contributed by atoms with van der Waals surface area (Å²) in [7, 11) is 0. The molecule has 1 aromatic rings. The van der Waals surface area contributed by atoms with Gasteiger partial charge in [0.05, 0.1) is 0 Å². The molecule has 0 amide bonds. The highest BCUT2D eigenvalue weighted by Crippen LogP contribution is 2.20. The topological polar surface area (TPSA) is 9.23 Å². The zero-order valence-electron chi connectivity index (χ0n) is 8.23. The third-order valence-corrected chi connectivity index (χ3v) is 1.70. The lowest BCUT2D eigenvalue weighted by Crippen LogP contribution is -1.89. The van der Waals surface area contributed by atoms with Crippen molar-refractivity contribution in [3.05, 3.63) is 40.8 Å². The van der Waals surface area contributed by atoms with Gasteiger partial charge >= 0.3 is 12.1 Å². The van der Waals surface area contributed by atoms with Crippen LogP contribution in [0.4, 0.5) is 13.2 Å². The molecule has 0 aliphatic heterocycles. The molecule has 0 fully saturated rings. The molecule has 0 saturated heterocycles. The highest BCUT2D eigenvalue weighted by molar-refractivity contribution is 9.10. The molecule has 5 heteroatoms. The molecule has 0 bridgehead atoms. The van der Waals surface area contributed by atoms with Crippen LogP contribution < -0.4 is 4.74 Å². The first-order valence-corrected chi connectivity index (χ1v) is 5.03. The van der Waals surface area contributed by atoms with Gasteiger partial charge in [-0.3, -0.25) is 0 Å². The zero-order valence-corrected chi connectivity index (χ0v) is 9.82. The largest absolute Gasteiger partial charge is 0.428 e. The van der Waals surface area contributed by atoms with Crippen molar-refractivity contribution in [3.8, 4) is 5.75 Å². The van der Waals surface area contributed by atoms with Crippen LogP contribution in [0.15, 0.2) is 40.8 Å². The average Bonchev–Trinajstić information content (AvgIpc) is 2.24. The Hall–Kier alpha value is -0.970. The molecule has 1 aromatic carbocycles. The molecule has 0 N–H and O–H groups in total. The van der Waals surface area contributed by atoms with Crippen molar-refractivity contribution in [2.75, 3.05) is 0 Å². The molecule has 0 heterocycles. The van der Waals surface area contributed by atoms with Gasteiger partial charge in [-0.15, -0.1) is 0 Å². The Morgan fingerprint density at radius 2 is 1.53 bits per heavy atom. The van der Waals surface area contributed by atoms with Crippen molar-refractivity contribution in [1.29, 1.82) is 0 Å². The van der Waals surface area contributed by atoms with Gasteiger partial charge in [0.25, 0.3) is 0 Å². The van der Waals surface area contributed by atoms with Crippen LogP contribution in [0.1, 0.15) is 13.8 Å². The third-order valence-electron chi connectivity index (χ3n) is 1.17. The first-order chi connectivity index (χ1) is 7.09. The smallest absolute Gasteiger partial charge is 0.344 e. The van der Waals surface area contributed by atoms with Crippen molar-refractivity contribution in [2.45, 2.75) is 13.8 Å². The second kappa shape index (κ2) is 7.34. The van der Waals surface area contributed by atoms with E-state index in [9.17, 15) is 13.2 Å². The third kappa shape index (κ3) is 5.47. The van der Waals surface area contributed by atoms with Crippen LogP contribution >= 0.6 is 15.9 Å². The Balaban J connectivity index is 0.000000921. The summed E-state index contributed by atoms with van der Waals surface area (Å²) >= 11 is 3.13. The highest BCUT2D eigenvalue weighted by Gasteiger charge is 2.06. The van der Waals surface area contributed by atoms with E-state index in [0.717, 1.165) is 4.47 Å². The number of halogens is 4. The molecule has 15 heavy (non-hydrogen) atoms. The Morgan fingerprint density at radius 1 is 1.07 bits per heavy atom. The summed E-state index contributed by atoms with van der Waals surface area (Å²) < 4.78 is 40.3. The van der Waals surface area contributed by atoms with Crippen LogP contribution in [0, 0.1) is 0 Å². The van der Waals surface area contributed by atoms with Gasteiger partial charge in [-0.05, 0) is 24.3 Å². The fraction of sp³-hybridized carbons (Fsp3) is 0.200. The molecule has 0 spiro atoms. The first-order valence-electron chi connectivity index (χ1n) is 4.24. The minimum absolute atomic E-state index is 0.0218. The van der Waals surface area contributed by atoms with Crippen molar-refractivity contribution in [1.82, 2.24) is 0 Å². The van der Waals surface area contributed by atoms with Crippen molar-refractivity contribution in [3.63, 3.8) is 0 Å². The molecule has 0 unspecified atom stereocenters. The number of rotatable bonds is 2. The summed E-state index contributed by atoms with van der Waals surface area (Å²) in [5.74, 6) is 0.0218. The second-order valence-electron chi connectivity index (χ2n) is 2.09. The maximum atomic E-state index is 12.2. The van der Waals surface area contributed by atoms with E-state index in [1.807, 2.05) is 13.8 Å². The van der Waals surface area contributed by atoms with E-state index in [2.05, 4.69) is 20.7 Å². The maximum absolute atomic E-state index is 12.2. The Labute approximate surface area is 94.7 Å². The van der Waals surface area contributed by atoms with E-state index in [1.54, 1.807) is 12.1 Å². The van der Waals surface area contributed by atoms with Crippen LogP contribution in [0.5, 0.6) is 5.75 Å². The molecule has 0 aliphatic carbocycles. The molecule has 84 valence electrons. The minimum atomic E-state index is -2.47. The quantitative estimate of drug-likeness (QED) is 0.702. The number of ether oxygens (including phenoxy) is 1. The van der Waals surface area contributed by atoms with Crippen LogP contribution in [0.2, 0.25) is 0 Å². The van der Waals surface area contributed by atoms with E-state index in [0.29, 0.717) is 0 Å². The molecule has 0 saturated carbocycles. The molecule has 1 rings (SSSR count). The SMILES string of the molecule is CC.FC(F)=C(F)Oc1ccc(Br)cc1. The van der Waals surface area contributed by atoms with Gasteiger partial charge in [0.2, 0.25) is 0 Å². The Kier molecular flexibility index (Phi) is 6.86. The summed E-state index contributed by atoms with van der Waals surface area (Å²) in [5, 5.41) is 0. The van der Waals surface area contributed by atoms with E-state index >= 15 is 0 Å². The lowest BCUT2D eigenvalue weighted by molar-refractivity contribution is 0.241. The number of hydrogen-bond donors (Lipinski definition) is 0. The van der Waals surface area contributed by atoms with Gasteiger partial charge in [-0.2, -0.15) is 13.2 Å². The predicted molar refractivity (Wildman–Crippen MR) is 56.5 cm³/mol. The number of benzene rings is 1. The zero-order chi connectivity index (χ0) is 11.8. The van der Waals surface area contributed by atoms with E-state index in [4.69, 9.17) is 0 Å². The summed E-state index contributed by atoms with van der Waals surface area (Å²) in [4.78, 5) is 0. The Bertz CT molecular complexity index is 318. The fourth-order valence-electron chi connectivity index (χ4n) is 0.645. The molecule has 0 radical (unpaired) electrons. The van der Waals surface area contributed by atoms with E-state index < -0.39 is 12.1 Å². The van der Waals surface area contributed by atoms with Crippen molar-refractivity contribution >= 4 is 15.9 Å². The van der Waals surface area contributed by atoms with Gasteiger partial charge < -0.3 is 4.74 Å². The lowest BCUT2D eigenvalue weighted by Gasteiger charge is -2.00. The summed E-state index contributed by atoms with van der Waals surface area (Å²) in [6.45, 7) is 4.00. The van der Waals surface area contributed by atoms with Gasteiger partial charge in [-0.1, -0.05) is 29.8 Å². The van der Waals surface area contributed by atoms with Gasteiger partial charge in [0.1, 0.15) is 5.75 Å². The monoisotopic (exact) mass is 282 g/mol. The average molecular weight is 283 g/mol. The molecular formula is C10H10BrF3O. The van der Waals surface area contributed by atoms with E-state index in [-0.39, 0.29) is 5.75 Å². The maximum Gasteiger partial charge on any atom is 0.344 e. The van der Waals surface area contributed by atoms with Gasteiger partial charge in [0, 0.05) is 4.47 Å². The lowest BCUT2D eigenvalue weighted by atomic mass is 10.3. The first kappa shape index (κ1) is 14.0. The molecule has 0 aromatic heterocycles. The van der Waals surface area contributed by atoms with Crippen LogP contribution in [-0.2, 0) is 0 Å². The fourth-order valence-corrected chi connectivity index (χ4v) is 0.909. The summed E-state index contributed by atoms with van der Waals surface area (Å²) in [5.41, 5.74) is 0. The van der Waals surface area contributed by atoms with E-state index in [1.165, 1.54) is 12.1 Å². The molecular weight excluding hydrogens is 273 g/mol. The minimum Gasteiger partial charge on any atom is -0.428 e. The second-order valence-corrected chi connectivity index (χ2v) is 3.01. The van der Waals surface area contributed by atoms with Gasteiger partial charge in [0.15, 0.2) is 0 Å². The van der Waals surface area contributed by atoms with Crippen LogP contribution in [-0.4, -0.2) is 0 Å². The van der Waals surface area contributed by atoms with Crippen LogP contribution in [0.3, 0.4) is 0 Å². The standard InChI is InChI=1S/C8H4BrF3O.C2H6/c9-5-1-3-6(4-2-5)13-8(12)7(10)11;1-2/h1-4H;1-2H3. The van der Waals surface area contributed by atoms with Crippen molar-refractivity contribution < 1.29 is 17.9 Å². The normalized spacial score (nSPS) is 8.67. The summed E-state index contributed by atoms with van der Waals surface area (Å²) in [6.07, 6.45) is -2.47. The highest BCUT2D eigenvalue weighted by atomic mass is 79.9. The van der Waals surface area contributed by atoms with Crippen LogP contribution in [0.25, 0.3) is 0 Å². The van der Waals surface area contributed by atoms with Gasteiger partial charge in [-0.25, -0.2) is 0 Å². The molecule has 1 nitrogen and oxygen atoms in total. The number of hydrogen-bond acceptors (Lipinski definition) is 1. The van der Waals surface area contributed by atoms with Crippen molar-refractivity contribution in [2.24, 2.45) is 0 Å². The molecule has 0 aliphatic rings.